The number of nitrogens with zero attached hydrogens (tertiary/aromatic N) is 1. The van der Waals surface area contributed by atoms with Crippen LogP contribution in [0.1, 0.15) is 64.0 Å². The third-order valence-electron chi connectivity index (χ3n) is 8.08. The number of esters is 1. The van der Waals surface area contributed by atoms with E-state index in [1.807, 2.05) is 45.0 Å². The Bertz CT molecular complexity index is 1270. The molecule has 2 aromatic rings. The Kier molecular flexibility index (Phi) is 9.53. The summed E-state index contributed by atoms with van der Waals surface area (Å²) in [7, 11) is 2.90. The Balaban J connectivity index is 1.76. The van der Waals surface area contributed by atoms with E-state index in [2.05, 4.69) is 41.7 Å². The standard InChI is InChI=1S/C33H42N2O6/c1-32(2,3)28-29(36)35-22-33(40-5,21-27(35)30(37)39-4)25-18-16-24(17-19-25)26-15-11-10-14-23(26)13-9-7-6-8-12-20-41-31(38)34-28/h9-11,13-19,27-28H,6-8,12,20-22H2,1-5H3,(H,34,38)/b13-9+/t27-,28+,33-/m0/s1. The molecule has 0 unspecified atom stereocenters. The summed E-state index contributed by atoms with van der Waals surface area (Å²) in [6.07, 6.45) is 7.45. The van der Waals surface area contributed by atoms with Crippen molar-refractivity contribution in [3.05, 3.63) is 65.7 Å². The van der Waals surface area contributed by atoms with Crippen molar-refractivity contribution in [3.63, 3.8) is 0 Å². The van der Waals surface area contributed by atoms with E-state index < -0.39 is 35.2 Å². The summed E-state index contributed by atoms with van der Waals surface area (Å²) in [5.41, 5.74) is 2.58. The van der Waals surface area contributed by atoms with Crippen LogP contribution in [0.5, 0.6) is 0 Å². The van der Waals surface area contributed by atoms with Crippen LogP contribution in [0, 0.1) is 5.41 Å². The van der Waals surface area contributed by atoms with Gasteiger partial charge in [-0.25, -0.2) is 9.59 Å². The number of amides is 2. The number of hydrogen-bond donors (Lipinski definition) is 1. The van der Waals surface area contributed by atoms with Gasteiger partial charge in [-0.05, 0) is 53.4 Å². The molecule has 8 nitrogen and oxygen atoms in total. The van der Waals surface area contributed by atoms with Crippen molar-refractivity contribution >= 4 is 24.0 Å². The van der Waals surface area contributed by atoms with E-state index in [4.69, 9.17) is 14.2 Å². The van der Waals surface area contributed by atoms with Gasteiger partial charge < -0.3 is 24.4 Å². The molecule has 0 aliphatic carbocycles. The van der Waals surface area contributed by atoms with Gasteiger partial charge in [0.25, 0.3) is 0 Å². The molecule has 1 fully saturated rings. The van der Waals surface area contributed by atoms with Crippen LogP contribution < -0.4 is 5.32 Å². The second-order valence-electron chi connectivity index (χ2n) is 11.9. The molecule has 0 spiro atoms. The maximum Gasteiger partial charge on any atom is 0.407 e. The fraction of sp³-hybridized carbons (Fsp3) is 0.485. The first-order valence-corrected chi connectivity index (χ1v) is 14.3. The average Bonchev–Trinajstić information content (AvgIpc) is 3.37. The maximum absolute atomic E-state index is 14.1. The highest BCUT2D eigenvalue weighted by molar-refractivity contribution is 5.91. The molecular weight excluding hydrogens is 520 g/mol. The lowest BCUT2D eigenvalue weighted by atomic mass is 9.85. The number of carbonyl (C=O) groups is 3. The summed E-state index contributed by atoms with van der Waals surface area (Å²) in [4.78, 5) is 41.3. The van der Waals surface area contributed by atoms with Gasteiger partial charge in [0, 0.05) is 13.5 Å². The van der Waals surface area contributed by atoms with Gasteiger partial charge in [0.15, 0.2) is 0 Å². The van der Waals surface area contributed by atoms with Gasteiger partial charge in [-0.2, -0.15) is 0 Å². The normalized spacial score (nSPS) is 25.0. The molecule has 2 amide bonds. The van der Waals surface area contributed by atoms with Crippen LogP contribution in [0.25, 0.3) is 17.2 Å². The minimum Gasteiger partial charge on any atom is -0.467 e. The molecule has 4 bridgehead atoms. The van der Waals surface area contributed by atoms with Crippen molar-refractivity contribution in [1.82, 2.24) is 10.2 Å². The summed E-state index contributed by atoms with van der Waals surface area (Å²) in [6.45, 7) is 6.00. The van der Waals surface area contributed by atoms with Gasteiger partial charge in [0.1, 0.15) is 17.7 Å². The van der Waals surface area contributed by atoms with Crippen LogP contribution in [0.4, 0.5) is 4.79 Å². The lowest BCUT2D eigenvalue weighted by Gasteiger charge is -2.35. The largest absolute Gasteiger partial charge is 0.467 e. The van der Waals surface area contributed by atoms with Gasteiger partial charge in [0.05, 0.1) is 20.3 Å². The highest BCUT2D eigenvalue weighted by Crippen LogP contribution is 2.41. The molecule has 0 radical (unpaired) electrons. The first-order valence-electron chi connectivity index (χ1n) is 14.3. The number of fused-ring (bicyclic) bond motifs is 12. The Hall–Kier alpha value is -3.65. The number of hydrogen-bond acceptors (Lipinski definition) is 6. The van der Waals surface area contributed by atoms with Crippen molar-refractivity contribution < 1.29 is 28.6 Å². The number of allylic oxidation sites excluding steroid dienone is 1. The van der Waals surface area contributed by atoms with Crippen molar-refractivity contribution in [3.8, 4) is 11.1 Å². The van der Waals surface area contributed by atoms with E-state index in [0.29, 0.717) is 0 Å². The Morgan fingerprint density at radius 2 is 1.76 bits per heavy atom. The minimum absolute atomic E-state index is 0.129. The molecule has 0 saturated carbocycles. The minimum atomic E-state index is -0.936. The Morgan fingerprint density at radius 1 is 1.02 bits per heavy atom. The maximum atomic E-state index is 14.1. The van der Waals surface area contributed by atoms with E-state index in [1.54, 1.807) is 7.11 Å². The van der Waals surface area contributed by atoms with Crippen molar-refractivity contribution in [2.75, 3.05) is 27.4 Å². The lowest BCUT2D eigenvalue weighted by molar-refractivity contribution is -0.152. The molecule has 5 rings (SSSR count). The summed E-state index contributed by atoms with van der Waals surface area (Å²) >= 11 is 0. The van der Waals surface area contributed by atoms with Crippen molar-refractivity contribution in [2.24, 2.45) is 5.41 Å². The zero-order chi connectivity index (χ0) is 29.6. The van der Waals surface area contributed by atoms with Gasteiger partial charge >= 0.3 is 12.1 Å². The van der Waals surface area contributed by atoms with Crippen molar-refractivity contribution in [1.29, 1.82) is 0 Å². The average molecular weight is 563 g/mol. The van der Waals surface area contributed by atoms with Crippen LogP contribution in [0.15, 0.2) is 54.6 Å². The van der Waals surface area contributed by atoms with E-state index in [9.17, 15) is 14.4 Å². The fourth-order valence-corrected chi connectivity index (χ4v) is 5.67. The highest BCUT2D eigenvalue weighted by Gasteiger charge is 2.53. The van der Waals surface area contributed by atoms with Gasteiger partial charge in [-0.1, -0.05) is 81.5 Å². The molecule has 3 aliphatic rings. The van der Waals surface area contributed by atoms with Gasteiger partial charge in [-0.3, -0.25) is 4.79 Å². The molecular formula is C33H42N2O6. The molecule has 2 aromatic carbocycles. The SMILES string of the molecule is COC(=O)[C@@H]1C[C@]2(OC)CN1C(=O)[C@H](C(C)(C)C)NC(=O)OCCCCC/C=C/c1ccccc1-c1ccc2cc1. The quantitative estimate of drug-likeness (QED) is 0.472. The van der Waals surface area contributed by atoms with Crippen LogP contribution in [0.3, 0.4) is 0 Å². The second-order valence-corrected chi connectivity index (χ2v) is 11.9. The van der Waals surface area contributed by atoms with Crippen LogP contribution in [0.2, 0.25) is 0 Å². The number of benzene rings is 2. The highest BCUT2D eigenvalue weighted by atomic mass is 16.5. The second kappa shape index (κ2) is 12.9. The summed E-state index contributed by atoms with van der Waals surface area (Å²) in [5.74, 6) is -0.911. The molecule has 3 heterocycles. The first kappa shape index (κ1) is 30.3. The topological polar surface area (TPSA) is 94.2 Å². The number of rotatable bonds is 2. The van der Waals surface area contributed by atoms with Crippen LogP contribution >= 0.6 is 0 Å². The van der Waals surface area contributed by atoms with E-state index in [1.165, 1.54) is 12.0 Å². The Labute approximate surface area is 243 Å². The number of carbonyl (C=O) groups excluding carboxylic acids is 3. The van der Waals surface area contributed by atoms with E-state index >= 15 is 0 Å². The Morgan fingerprint density at radius 3 is 2.44 bits per heavy atom. The number of nitrogens with one attached hydrogen (secondary N) is 1. The third kappa shape index (κ3) is 6.81. The van der Waals surface area contributed by atoms with Gasteiger partial charge in [-0.15, -0.1) is 0 Å². The molecule has 3 aliphatic heterocycles. The van der Waals surface area contributed by atoms with Crippen LogP contribution in [-0.4, -0.2) is 62.3 Å². The molecule has 220 valence electrons. The number of alkyl carbamates (subject to hydrolysis) is 1. The van der Waals surface area contributed by atoms with Gasteiger partial charge in [0.2, 0.25) is 5.91 Å². The van der Waals surface area contributed by atoms with E-state index in [-0.39, 0.29) is 25.5 Å². The third-order valence-corrected chi connectivity index (χ3v) is 8.08. The predicted octanol–water partition coefficient (Wildman–Crippen LogP) is 5.70. The molecule has 3 atom stereocenters. The predicted molar refractivity (Wildman–Crippen MR) is 158 cm³/mol. The number of methoxy groups -OCH3 is 2. The molecule has 0 aromatic heterocycles. The zero-order valence-electron chi connectivity index (χ0n) is 24.8. The fourth-order valence-electron chi connectivity index (χ4n) is 5.67. The summed E-state index contributed by atoms with van der Waals surface area (Å²) < 4.78 is 16.6. The molecule has 1 saturated heterocycles. The lowest BCUT2D eigenvalue weighted by Crippen LogP contribution is -2.57. The zero-order valence-corrected chi connectivity index (χ0v) is 24.8. The monoisotopic (exact) mass is 562 g/mol. The van der Waals surface area contributed by atoms with E-state index in [0.717, 1.165) is 47.9 Å². The smallest absolute Gasteiger partial charge is 0.407 e. The molecule has 8 heteroatoms. The molecule has 1 N–H and O–H groups in total. The number of ether oxygens (including phenoxy) is 3. The first-order chi connectivity index (χ1) is 19.6. The summed E-state index contributed by atoms with van der Waals surface area (Å²) in [6, 6.07) is 14.6. The van der Waals surface area contributed by atoms with Crippen LogP contribution in [-0.2, 0) is 29.4 Å². The molecule has 41 heavy (non-hydrogen) atoms. The summed E-state index contributed by atoms with van der Waals surface area (Å²) in [5, 5.41) is 2.78. The van der Waals surface area contributed by atoms with Crippen molar-refractivity contribution in [2.45, 2.75) is 70.6 Å².